The molecule has 2 aromatic heterocycles. The Hall–Kier alpha value is -2.85. The number of rotatable bonds is 10. The van der Waals surface area contributed by atoms with E-state index in [1.807, 2.05) is 36.6 Å². The zero-order valence-corrected chi connectivity index (χ0v) is 23.0. The number of benzene rings is 1. The van der Waals surface area contributed by atoms with Crippen molar-refractivity contribution >= 4 is 40.0 Å². The summed E-state index contributed by atoms with van der Waals surface area (Å²) in [6, 6.07) is 6.01. The van der Waals surface area contributed by atoms with Crippen molar-refractivity contribution in [1.82, 2.24) is 14.8 Å². The monoisotopic (exact) mass is 528 g/mol. The second-order valence-electron chi connectivity index (χ2n) is 8.71. The summed E-state index contributed by atoms with van der Waals surface area (Å²) in [6.45, 7) is 10.8. The van der Waals surface area contributed by atoms with E-state index in [9.17, 15) is 9.59 Å². The Kier molecular flexibility index (Phi) is 8.35. The van der Waals surface area contributed by atoms with Gasteiger partial charge in [0.2, 0.25) is 5.91 Å². The van der Waals surface area contributed by atoms with Gasteiger partial charge in [0, 0.05) is 11.4 Å². The Morgan fingerprint density at radius 3 is 2.72 bits per heavy atom. The van der Waals surface area contributed by atoms with Crippen molar-refractivity contribution < 1.29 is 19.1 Å². The van der Waals surface area contributed by atoms with Gasteiger partial charge in [-0.25, -0.2) is 4.79 Å². The number of esters is 1. The highest BCUT2D eigenvalue weighted by atomic mass is 32.2. The van der Waals surface area contributed by atoms with Crippen molar-refractivity contribution in [3.8, 4) is 5.75 Å². The fourth-order valence-electron chi connectivity index (χ4n) is 4.25. The maximum atomic E-state index is 12.8. The van der Waals surface area contributed by atoms with Gasteiger partial charge in [0.15, 0.2) is 17.1 Å². The van der Waals surface area contributed by atoms with Crippen LogP contribution in [0.2, 0.25) is 0 Å². The van der Waals surface area contributed by atoms with Gasteiger partial charge in [-0.2, -0.15) is 0 Å². The molecule has 1 aliphatic rings. The number of amides is 1. The molecule has 1 aliphatic carbocycles. The number of hydrogen-bond acceptors (Lipinski definition) is 8. The zero-order chi connectivity index (χ0) is 25.8. The molecule has 0 fully saturated rings. The summed E-state index contributed by atoms with van der Waals surface area (Å²) in [5, 5.41) is 12.8. The highest BCUT2D eigenvalue weighted by Gasteiger charge is 2.28. The third-order valence-electron chi connectivity index (χ3n) is 6.20. The van der Waals surface area contributed by atoms with E-state index < -0.39 is 0 Å². The Morgan fingerprint density at radius 1 is 1.19 bits per heavy atom. The summed E-state index contributed by atoms with van der Waals surface area (Å²) in [6.07, 6.45) is 2.50. The number of anilines is 1. The Bertz CT molecular complexity index is 1270. The highest BCUT2D eigenvalue weighted by molar-refractivity contribution is 7.99. The topological polar surface area (TPSA) is 95.3 Å². The number of aryl methyl sites for hydroxylation is 3. The Labute approximate surface area is 219 Å². The van der Waals surface area contributed by atoms with Crippen LogP contribution in [0.25, 0.3) is 0 Å². The van der Waals surface area contributed by atoms with Crippen LogP contribution in [0.3, 0.4) is 0 Å². The molecule has 1 atom stereocenters. The first kappa shape index (κ1) is 26.2. The van der Waals surface area contributed by atoms with Crippen LogP contribution in [0, 0.1) is 13.8 Å². The molecule has 0 saturated carbocycles. The fraction of sp³-hybridized carbons (Fsp3) is 0.462. The Balaban J connectivity index is 1.42. The standard InChI is InChI=1S/C26H32N4O4S2/c1-6-30-23(17(5)34-18-12-11-15(3)16(4)13-18)28-29-26(30)35-14-21(31)27-24-22(25(32)33-7-2)19-9-8-10-20(19)36-24/h11-13,17H,6-10,14H2,1-5H3,(H,27,31). The van der Waals surface area contributed by atoms with E-state index in [1.54, 1.807) is 6.92 Å². The number of thioether (sulfide) groups is 1. The molecule has 1 aromatic carbocycles. The van der Waals surface area contributed by atoms with Crippen LogP contribution in [0.4, 0.5) is 5.00 Å². The molecule has 2 heterocycles. The number of carbonyl (C=O) groups is 2. The zero-order valence-electron chi connectivity index (χ0n) is 21.3. The summed E-state index contributed by atoms with van der Waals surface area (Å²) < 4.78 is 13.3. The number of fused-ring (bicyclic) bond motifs is 1. The number of carbonyl (C=O) groups excluding carboxylic acids is 2. The minimum Gasteiger partial charge on any atom is -0.483 e. The highest BCUT2D eigenvalue weighted by Crippen LogP contribution is 2.39. The van der Waals surface area contributed by atoms with Crippen LogP contribution in [0.15, 0.2) is 23.4 Å². The van der Waals surface area contributed by atoms with Crippen molar-refractivity contribution in [3.63, 3.8) is 0 Å². The lowest BCUT2D eigenvalue weighted by Crippen LogP contribution is -2.17. The molecule has 36 heavy (non-hydrogen) atoms. The lowest BCUT2D eigenvalue weighted by molar-refractivity contribution is -0.113. The summed E-state index contributed by atoms with van der Waals surface area (Å²) >= 11 is 2.79. The Morgan fingerprint density at radius 2 is 2.00 bits per heavy atom. The number of nitrogens with zero attached hydrogens (tertiary/aromatic N) is 3. The van der Waals surface area contributed by atoms with Gasteiger partial charge in [-0.3, -0.25) is 4.79 Å². The van der Waals surface area contributed by atoms with Gasteiger partial charge in [-0.15, -0.1) is 21.5 Å². The average molecular weight is 529 g/mol. The summed E-state index contributed by atoms with van der Waals surface area (Å²) in [5.74, 6) is 1.07. The fourth-order valence-corrected chi connectivity index (χ4v) is 6.36. The molecule has 0 aliphatic heterocycles. The van der Waals surface area contributed by atoms with Crippen LogP contribution in [0.5, 0.6) is 5.75 Å². The molecular formula is C26H32N4O4S2. The summed E-state index contributed by atoms with van der Waals surface area (Å²) in [7, 11) is 0. The smallest absolute Gasteiger partial charge is 0.341 e. The van der Waals surface area contributed by atoms with Crippen LogP contribution in [-0.2, 0) is 28.9 Å². The van der Waals surface area contributed by atoms with Crippen molar-refractivity contribution in [2.75, 3.05) is 17.7 Å². The maximum Gasteiger partial charge on any atom is 0.341 e. The minimum absolute atomic E-state index is 0.148. The molecule has 1 unspecified atom stereocenters. The van der Waals surface area contributed by atoms with Gasteiger partial charge >= 0.3 is 5.97 Å². The summed E-state index contributed by atoms with van der Waals surface area (Å²) in [5.41, 5.74) is 3.92. The molecule has 1 N–H and O–H groups in total. The van der Waals surface area contributed by atoms with Crippen molar-refractivity contribution in [2.24, 2.45) is 0 Å². The van der Waals surface area contributed by atoms with E-state index in [2.05, 4.69) is 29.4 Å². The second-order valence-corrected chi connectivity index (χ2v) is 10.8. The lowest BCUT2D eigenvalue weighted by Gasteiger charge is -2.16. The van der Waals surface area contributed by atoms with Gasteiger partial charge in [0.1, 0.15) is 10.8 Å². The summed E-state index contributed by atoms with van der Waals surface area (Å²) in [4.78, 5) is 26.5. The van der Waals surface area contributed by atoms with Gasteiger partial charge in [-0.05, 0) is 82.7 Å². The number of aromatic nitrogens is 3. The van der Waals surface area contributed by atoms with E-state index in [4.69, 9.17) is 9.47 Å². The molecule has 0 saturated heterocycles. The molecule has 0 radical (unpaired) electrons. The molecule has 4 rings (SSSR count). The van der Waals surface area contributed by atoms with Crippen molar-refractivity contribution in [1.29, 1.82) is 0 Å². The SMILES string of the molecule is CCOC(=O)c1c(NC(=O)CSc2nnc(C(C)Oc3ccc(C)c(C)c3)n2CC)sc2c1CCC2. The number of hydrogen-bond donors (Lipinski definition) is 1. The van der Waals surface area contributed by atoms with E-state index in [1.165, 1.54) is 34.2 Å². The van der Waals surface area contributed by atoms with E-state index >= 15 is 0 Å². The first-order valence-electron chi connectivity index (χ1n) is 12.2. The predicted molar refractivity (Wildman–Crippen MR) is 142 cm³/mol. The van der Waals surface area contributed by atoms with Gasteiger partial charge in [-0.1, -0.05) is 17.8 Å². The first-order valence-corrected chi connectivity index (χ1v) is 14.0. The van der Waals surface area contributed by atoms with Crippen LogP contribution in [-0.4, -0.2) is 39.0 Å². The molecular weight excluding hydrogens is 496 g/mol. The molecule has 1 amide bonds. The third kappa shape index (κ3) is 5.59. The van der Waals surface area contributed by atoms with Crippen LogP contribution >= 0.6 is 23.1 Å². The molecule has 192 valence electrons. The van der Waals surface area contributed by atoms with E-state index in [-0.39, 0.29) is 23.7 Å². The van der Waals surface area contributed by atoms with Gasteiger partial charge in [0.25, 0.3) is 0 Å². The van der Waals surface area contributed by atoms with Crippen LogP contribution in [0.1, 0.15) is 71.0 Å². The van der Waals surface area contributed by atoms with Crippen molar-refractivity contribution in [3.05, 3.63) is 51.2 Å². The molecule has 10 heteroatoms. The number of nitrogens with one attached hydrogen (secondary N) is 1. The predicted octanol–water partition coefficient (Wildman–Crippen LogP) is 5.51. The molecule has 8 nitrogen and oxygen atoms in total. The second kappa shape index (κ2) is 11.5. The van der Waals surface area contributed by atoms with Crippen molar-refractivity contribution in [2.45, 2.75) is 71.7 Å². The number of thiophene rings is 1. The average Bonchev–Trinajstić information content (AvgIpc) is 3.54. The minimum atomic E-state index is -0.368. The van der Waals surface area contributed by atoms with Gasteiger partial charge < -0.3 is 19.4 Å². The lowest BCUT2D eigenvalue weighted by atomic mass is 10.1. The quantitative estimate of drug-likeness (QED) is 0.274. The maximum absolute atomic E-state index is 12.8. The van der Waals surface area contributed by atoms with E-state index in [0.717, 1.165) is 35.5 Å². The molecule has 0 bridgehead atoms. The van der Waals surface area contributed by atoms with Crippen LogP contribution < -0.4 is 10.1 Å². The molecule has 3 aromatic rings. The number of ether oxygens (including phenoxy) is 2. The van der Waals surface area contributed by atoms with Gasteiger partial charge in [0.05, 0.1) is 17.9 Å². The normalized spacial score (nSPS) is 13.4. The third-order valence-corrected chi connectivity index (χ3v) is 8.38. The largest absolute Gasteiger partial charge is 0.483 e. The first-order chi connectivity index (χ1) is 17.3. The van der Waals surface area contributed by atoms with E-state index in [0.29, 0.717) is 34.7 Å². The molecule has 0 spiro atoms.